The van der Waals surface area contributed by atoms with Gasteiger partial charge in [0.05, 0.1) is 17.4 Å². The lowest BCUT2D eigenvalue weighted by atomic mass is 10.1. The van der Waals surface area contributed by atoms with Gasteiger partial charge in [-0.05, 0) is 23.3 Å². The van der Waals surface area contributed by atoms with E-state index in [0.717, 1.165) is 11.0 Å². The highest BCUT2D eigenvalue weighted by molar-refractivity contribution is 7.92. The molecule has 0 aliphatic carbocycles. The minimum atomic E-state index is -3.65. The molecular formula is C20H21N3O4S2. The standard InChI is InChI=1S/C20H21N3O4S2/c21-16-19-8-4-5-9-20(19)17-29(26,27)23-13-11-22(12-14-23)28(24,25)15-10-18-6-2-1-3-7-18/h1-10,15H,11-14,17H2. The van der Waals surface area contributed by atoms with Gasteiger partial charge in [0.1, 0.15) is 0 Å². The largest absolute Gasteiger partial charge is 0.236 e. The third-order valence-corrected chi connectivity index (χ3v) is 8.05. The number of hydrogen-bond acceptors (Lipinski definition) is 5. The third-order valence-electron chi connectivity index (χ3n) is 4.66. The molecule has 0 amide bonds. The first-order valence-corrected chi connectivity index (χ1v) is 12.1. The number of sulfonamides is 2. The molecule has 2 aromatic carbocycles. The van der Waals surface area contributed by atoms with Gasteiger partial charge < -0.3 is 0 Å². The molecule has 0 radical (unpaired) electrons. The van der Waals surface area contributed by atoms with Crippen molar-refractivity contribution in [2.75, 3.05) is 26.2 Å². The smallest absolute Gasteiger partial charge is 0.212 e. The molecule has 1 saturated heterocycles. The van der Waals surface area contributed by atoms with Gasteiger partial charge in [0, 0.05) is 31.6 Å². The molecule has 1 fully saturated rings. The Morgan fingerprint density at radius 2 is 1.45 bits per heavy atom. The summed E-state index contributed by atoms with van der Waals surface area (Å²) >= 11 is 0. The highest BCUT2D eigenvalue weighted by Crippen LogP contribution is 2.18. The molecule has 0 aromatic heterocycles. The van der Waals surface area contributed by atoms with E-state index in [0.29, 0.717) is 11.1 Å². The topological polar surface area (TPSA) is 98.5 Å². The Balaban J connectivity index is 1.65. The monoisotopic (exact) mass is 431 g/mol. The SMILES string of the molecule is N#Cc1ccccc1CS(=O)(=O)N1CCN(S(=O)(=O)C=Cc2ccccc2)CC1. The molecule has 0 saturated carbocycles. The summed E-state index contributed by atoms with van der Waals surface area (Å²) < 4.78 is 53.1. The van der Waals surface area contributed by atoms with Crippen molar-refractivity contribution in [3.63, 3.8) is 0 Å². The van der Waals surface area contributed by atoms with Crippen LogP contribution in [0.25, 0.3) is 6.08 Å². The summed E-state index contributed by atoms with van der Waals surface area (Å²) in [6.07, 6.45) is 1.53. The third kappa shape index (κ3) is 5.31. The maximum absolute atomic E-state index is 12.7. The van der Waals surface area contributed by atoms with Crippen molar-refractivity contribution < 1.29 is 16.8 Å². The molecule has 0 bridgehead atoms. The zero-order valence-corrected chi connectivity index (χ0v) is 17.3. The minimum Gasteiger partial charge on any atom is -0.212 e. The van der Waals surface area contributed by atoms with Gasteiger partial charge in [-0.3, -0.25) is 0 Å². The Hall–Kier alpha value is -2.51. The number of nitriles is 1. The second-order valence-electron chi connectivity index (χ2n) is 6.58. The van der Waals surface area contributed by atoms with Crippen LogP contribution in [0, 0.1) is 11.3 Å². The molecule has 29 heavy (non-hydrogen) atoms. The Labute approximate surface area is 171 Å². The molecule has 0 N–H and O–H groups in total. The Bertz CT molecular complexity index is 1130. The fraction of sp³-hybridized carbons (Fsp3) is 0.250. The molecule has 1 aliphatic rings. The van der Waals surface area contributed by atoms with E-state index in [-0.39, 0.29) is 31.9 Å². The van der Waals surface area contributed by atoms with Gasteiger partial charge in [0.15, 0.2) is 0 Å². The van der Waals surface area contributed by atoms with Crippen LogP contribution in [-0.2, 0) is 25.8 Å². The Kier molecular flexibility index (Phi) is 6.49. The van der Waals surface area contributed by atoms with Gasteiger partial charge in [-0.25, -0.2) is 16.8 Å². The summed E-state index contributed by atoms with van der Waals surface area (Å²) in [5, 5.41) is 10.3. The Morgan fingerprint density at radius 1 is 0.862 bits per heavy atom. The predicted octanol–water partition coefficient (Wildman–Crippen LogP) is 2.01. The van der Waals surface area contributed by atoms with Gasteiger partial charge in [0.25, 0.3) is 0 Å². The van der Waals surface area contributed by atoms with Crippen LogP contribution < -0.4 is 0 Å². The first-order chi connectivity index (χ1) is 13.8. The molecule has 3 rings (SSSR count). The van der Waals surface area contributed by atoms with E-state index in [4.69, 9.17) is 5.26 Å². The van der Waals surface area contributed by atoms with Gasteiger partial charge in [-0.1, -0.05) is 48.5 Å². The maximum atomic E-state index is 12.7. The number of benzene rings is 2. The molecule has 0 atom stereocenters. The summed E-state index contributed by atoms with van der Waals surface area (Å²) in [5.74, 6) is -0.280. The van der Waals surface area contributed by atoms with E-state index in [9.17, 15) is 16.8 Å². The maximum Gasteiger partial charge on any atom is 0.236 e. The van der Waals surface area contributed by atoms with Crippen molar-refractivity contribution in [2.24, 2.45) is 0 Å². The van der Waals surface area contributed by atoms with E-state index >= 15 is 0 Å². The summed E-state index contributed by atoms with van der Waals surface area (Å²) in [4.78, 5) is 0. The van der Waals surface area contributed by atoms with Crippen LogP contribution in [0.5, 0.6) is 0 Å². The molecule has 152 valence electrons. The fourth-order valence-corrected chi connectivity index (χ4v) is 5.78. The lowest BCUT2D eigenvalue weighted by molar-refractivity contribution is 0.274. The minimum absolute atomic E-state index is 0.0788. The van der Waals surface area contributed by atoms with Crippen molar-refractivity contribution in [3.8, 4) is 6.07 Å². The molecule has 1 heterocycles. The molecule has 7 nitrogen and oxygen atoms in total. The van der Waals surface area contributed by atoms with Gasteiger partial charge in [0.2, 0.25) is 20.0 Å². The first kappa shape index (κ1) is 21.2. The second-order valence-corrected chi connectivity index (χ2v) is 10.4. The summed E-state index contributed by atoms with van der Waals surface area (Å²) in [5.41, 5.74) is 1.53. The lowest BCUT2D eigenvalue weighted by Gasteiger charge is -2.32. The van der Waals surface area contributed by atoms with E-state index in [1.165, 1.54) is 14.7 Å². The molecule has 0 unspecified atom stereocenters. The predicted molar refractivity (Wildman–Crippen MR) is 111 cm³/mol. The van der Waals surface area contributed by atoms with Crippen LogP contribution in [0.4, 0.5) is 0 Å². The van der Waals surface area contributed by atoms with Crippen LogP contribution in [0.2, 0.25) is 0 Å². The lowest BCUT2D eigenvalue weighted by Crippen LogP contribution is -2.50. The molecule has 0 spiro atoms. The van der Waals surface area contributed by atoms with E-state index in [2.05, 4.69) is 0 Å². The molecule has 2 aromatic rings. The molecular weight excluding hydrogens is 410 g/mol. The van der Waals surface area contributed by atoms with E-state index < -0.39 is 20.0 Å². The summed E-state index contributed by atoms with van der Waals surface area (Å²) in [7, 11) is -7.28. The van der Waals surface area contributed by atoms with Crippen molar-refractivity contribution in [3.05, 3.63) is 76.7 Å². The van der Waals surface area contributed by atoms with Crippen molar-refractivity contribution in [2.45, 2.75) is 5.75 Å². The van der Waals surface area contributed by atoms with E-state index in [1.54, 1.807) is 36.4 Å². The van der Waals surface area contributed by atoms with E-state index in [1.807, 2.05) is 24.3 Å². The fourth-order valence-electron chi connectivity index (χ4n) is 3.06. The number of nitrogens with zero attached hydrogens (tertiary/aromatic N) is 3. The van der Waals surface area contributed by atoms with Crippen LogP contribution in [0.1, 0.15) is 16.7 Å². The van der Waals surface area contributed by atoms with Gasteiger partial charge in [-0.2, -0.15) is 13.9 Å². The number of hydrogen-bond donors (Lipinski definition) is 0. The van der Waals surface area contributed by atoms with Crippen molar-refractivity contribution in [1.29, 1.82) is 5.26 Å². The van der Waals surface area contributed by atoms with Crippen molar-refractivity contribution >= 4 is 26.1 Å². The average Bonchev–Trinajstić information content (AvgIpc) is 2.73. The number of piperazine rings is 1. The highest BCUT2D eigenvalue weighted by Gasteiger charge is 2.31. The zero-order valence-electron chi connectivity index (χ0n) is 15.7. The molecule has 1 aliphatic heterocycles. The second kappa shape index (κ2) is 8.88. The van der Waals surface area contributed by atoms with Crippen molar-refractivity contribution in [1.82, 2.24) is 8.61 Å². The summed E-state index contributed by atoms with van der Waals surface area (Å²) in [6.45, 7) is 0.325. The van der Waals surface area contributed by atoms with Gasteiger partial charge >= 0.3 is 0 Å². The molecule has 9 heteroatoms. The zero-order chi connectivity index (χ0) is 20.9. The van der Waals surface area contributed by atoms with Crippen LogP contribution in [0.15, 0.2) is 60.0 Å². The van der Waals surface area contributed by atoms with Crippen LogP contribution in [0.3, 0.4) is 0 Å². The quantitative estimate of drug-likeness (QED) is 0.697. The van der Waals surface area contributed by atoms with Crippen LogP contribution in [-0.4, -0.2) is 51.6 Å². The first-order valence-electron chi connectivity index (χ1n) is 9.01. The normalized spacial score (nSPS) is 16.7. The van der Waals surface area contributed by atoms with Gasteiger partial charge in [-0.15, -0.1) is 0 Å². The Morgan fingerprint density at radius 3 is 2.10 bits per heavy atom. The van der Waals surface area contributed by atoms with Crippen LogP contribution >= 0.6 is 0 Å². The highest BCUT2D eigenvalue weighted by atomic mass is 32.2. The number of rotatable bonds is 6. The summed E-state index contributed by atoms with van der Waals surface area (Å²) in [6, 6.07) is 17.7. The average molecular weight is 432 g/mol.